The Morgan fingerprint density at radius 1 is 0.750 bits per heavy atom. The molecule has 238 valence electrons. The lowest BCUT2D eigenvalue weighted by Crippen LogP contribution is -2.46. The van der Waals surface area contributed by atoms with Crippen molar-refractivity contribution in [2.75, 3.05) is 20.2 Å². The fourth-order valence-corrected chi connectivity index (χ4v) is 6.24. The van der Waals surface area contributed by atoms with Crippen LogP contribution in [0.1, 0.15) is 101 Å². The second-order valence-electron chi connectivity index (χ2n) is 12.4. The molecule has 0 atom stereocenters. The van der Waals surface area contributed by atoms with Gasteiger partial charge in [0.1, 0.15) is 6.61 Å². The summed E-state index contributed by atoms with van der Waals surface area (Å²) in [5.41, 5.74) is 3.55. The Labute approximate surface area is 266 Å². The van der Waals surface area contributed by atoms with Gasteiger partial charge in [-0.15, -0.1) is 0 Å². The molecular weight excluding hydrogens is 544 g/mol. The molecule has 0 bridgehead atoms. The fourth-order valence-electron chi connectivity index (χ4n) is 6.24. The molecule has 0 aromatic heterocycles. The Hall–Kier alpha value is -3.31. The van der Waals surface area contributed by atoms with Crippen LogP contribution in [0.5, 0.6) is 11.5 Å². The molecule has 1 saturated heterocycles. The molecule has 1 heterocycles. The van der Waals surface area contributed by atoms with Gasteiger partial charge in [0, 0.05) is 38.6 Å². The standard InChI is InChI=1S/C39H54N2O3/c1-3-4-5-6-7-8-9-10-17-22-39(42)41(36-25-27-40(28-26-36)30-33-18-13-11-14-19-33)31-35-23-24-37(38(29-35)43-2)44-32-34-20-15-12-16-21-34/h11-16,18-21,23-24,29,36H,3-10,17,22,25-28,30-32H2,1-2H3. The fraction of sp³-hybridized carbons (Fsp3) is 0.513. The van der Waals surface area contributed by atoms with Crippen LogP contribution < -0.4 is 9.47 Å². The number of methoxy groups -OCH3 is 1. The average Bonchev–Trinajstić information content (AvgIpc) is 3.07. The van der Waals surface area contributed by atoms with Gasteiger partial charge in [-0.25, -0.2) is 0 Å². The second kappa shape index (κ2) is 19.2. The smallest absolute Gasteiger partial charge is 0.223 e. The Balaban J connectivity index is 1.35. The number of rotatable bonds is 19. The second-order valence-corrected chi connectivity index (χ2v) is 12.4. The van der Waals surface area contributed by atoms with Crippen molar-refractivity contribution in [1.82, 2.24) is 9.80 Å². The van der Waals surface area contributed by atoms with Crippen molar-refractivity contribution in [3.8, 4) is 11.5 Å². The maximum Gasteiger partial charge on any atom is 0.223 e. The normalized spacial score (nSPS) is 14.0. The molecule has 0 spiro atoms. The van der Waals surface area contributed by atoms with E-state index in [1.54, 1.807) is 7.11 Å². The summed E-state index contributed by atoms with van der Waals surface area (Å²) in [6.45, 7) is 6.35. The van der Waals surface area contributed by atoms with Crippen LogP contribution in [-0.4, -0.2) is 41.9 Å². The highest BCUT2D eigenvalue weighted by Gasteiger charge is 2.28. The number of hydrogen-bond donors (Lipinski definition) is 0. The Kier molecular flexibility index (Phi) is 14.6. The Morgan fingerprint density at radius 3 is 2.00 bits per heavy atom. The van der Waals surface area contributed by atoms with Crippen LogP contribution in [0, 0.1) is 0 Å². The van der Waals surface area contributed by atoms with E-state index in [1.165, 1.54) is 50.5 Å². The summed E-state index contributed by atoms with van der Waals surface area (Å²) < 4.78 is 11.8. The zero-order chi connectivity index (χ0) is 30.8. The molecule has 0 saturated carbocycles. The summed E-state index contributed by atoms with van der Waals surface area (Å²) in [6, 6.07) is 27.2. The number of nitrogens with zero attached hydrogens (tertiary/aromatic N) is 2. The van der Waals surface area contributed by atoms with Gasteiger partial charge in [-0.05, 0) is 48.1 Å². The first kappa shape index (κ1) is 33.6. The molecule has 1 aliphatic heterocycles. The molecule has 3 aromatic rings. The molecule has 5 heteroatoms. The number of carbonyl (C=O) groups excluding carboxylic acids is 1. The highest BCUT2D eigenvalue weighted by molar-refractivity contribution is 5.76. The van der Waals surface area contributed by atoms with Gasteiger partial charge in [-0.2, -0.15) is 0 Å². The minimum absolute atomic E-state index is 0.257. The van der Waals surface area contributed by atoms with Gasteiger partial charge >= 0.3 is 0 Å². The molecule has 1 aliphatic rings. The van der Waals surface area contributed by atoms with E-state index >= 15 is 0 Å². The molecule has 44 heavy (non-hydrogen) atoms. The summed E-state index contributed by atoms with van der Waals surface area (Å²) in [7, 11) is 1.68. The van der Waals surface area contributed by atoms with Crippen molar-refractivity contribution in [2.45, 2.75) is 110 Å². The Morgan fingerprint density at radius 2 is 1.36 bits per heavy atom. The number of piperidine rings is 1. The van der Waals surface area contributed by atoms with Gasteiger partial charge in [-0.1, -0.05) is 125 Å². The van der Waals surface area contributed by atoms with E-state index in [0.717, 1.165) is 62.2 Å². The van der Waals surface area contributed by atoms with Crippen LogP contribution in [0.3, 0.4) is 0 Å². The van der Waals surface area contributed by atoms with Crippen molar-refractivity contribution in [3.63, 3.8) is 0 Å². The van der Waals surface area contributed by atoms with E-state index in [2.05, 4.69) is 65.3 Å². The number of likely N-dealkylation sites (tertiary alicyclic amines) is 1. The zero-order valence-corrected chi connectivity index (χ0v) is 27.2. The van der Waals surface area contributed by atoms with Crippen LogP contribution in [0.25, 0.3) is 0 Å². The van der Waals surface area contributed by atoms with Crippen LogP contribution in [0.15, 0.2) is 78.9 Å². The van der Waals surface area contributed by atoms with Crippen molar-refractivity contribution in [2.24, 2.45) is 0 Å². The molecule has 0 unspecified atom stereocenters. The molecule has 1 amide bonds. The lowest BCUT2D eigenvalue weighted by Gasteiger charge is -2.39. The SMILES string of the molecule is CCCCCCCCCCCC(=O)N(Cc1ccc(OCc2ccccc2)c(OC)c1)C1CCN(Cc2ccccc2)CC1. The number of hydrogen-bond acceptors (Lipinski definition) is 4. The van der Waals surface area contributed by atoms with Crippen LogP contribution in [0.4, 0.5) is 0 Å². The molecule has 0 aliphatic carbocycles. The molecule has 3 aromatic carbocycles. The highest BCUT2D eigenvalue weighted by Crippen LogP contribution is 2.31. The van der Waals surface area contributed by atoms with Gasteiger partial charge in [-0.3, -0.25) is 9.69 Å². The van der Waals surface area contributed by atoms with Gasteiger partial charge in [0.05, 0.1) is 7.11 Å². The third kappa shape index (κ3) is 11.3. The minimum atomic E-state index is 0.257. The lowest BCUT2D eigenvalue weighted by molar-refractivity contribution is -0.135. The molecule has 4 rings (SSSR count). The predicted octanol–water partition coefficient (Wildman–Crippen LogP) is 9.19. The van der Waals surface area contributed by atoms with E-state index in [0.29, 0.717) is 25.3 Å². The number of carbonyl (C=O) groups is 1. The van der Waals surface area contributed by atoms with Gasteiger partial charge in [0.25, 0.3) is 0 Å². The first-order valence-corrected chi connectivity index (χ1v) is 17.1. The maximum atomic E-state index is 13.8. The maximum absolute atomic E-state index is 13.8. The van der Waals surface area contributed by atoms with E-state index in [9.17, 15) is 4.79 Å². The van der Waals surface area contributed by atoms with Gasteiger partial charge in [0.2, 0.25) is 5.91 Å². The van der Waals surface area contributed by atoms with Crippen LogP contribution in [-0.2, 0) is 24.5 Å². The van der Waals surface area contributed by atoms with Crippen molar-refractivity contribution >= 4 is 5.91 Å². The molecule has 0 radical (unpaired) electrons. The monoisotopic (exact) mass is 598 g/mol. The van der Waals surface area contributed by atoms with E-state index < -0.39 is 0 Å². The largest absolute Gasteiger partial charge is 0.493 e. The van der Waals surface area contributed by atoms with Crippen molar-refractivity contribution in [1.29, 1.82) is 0 Å². The van der Waals surface area contributed by atoms with Crippen LogP contribution >= 0.6 is 0 Å². The molecular formula is C39H54N2O3. The topological polar surface area (TPSA) is 42.0 Å². The van der Waals surface area contributed by atoms with Crippen LogP contribution in [0.2, 0.25) is 0 Å². The first-order valence-electron chi connectivity index (χ1n) is 17.1. The Bertz CT molecular complexity index is 1210. The number of unbranched alkanes of at least 4 members (excludes halogenated alkanes) is 8. The molecule has 0 N–H and O–H groups in total. The average molecular weight is 599 g/mol. The number of benzene rings is 3. The molecule has 5 nitrogen and oxygen atoms in total. The quantitative estimate of drug-likeness (QED) is 0.129. The van der Waals surface area contributed by atoms with Gasteiger partial charge in [0.15, 0.2) is 11.5 Å². The summed E-state index contributed by atoms with van der Waals surface area (Å²) in [5.74, 6) is 1.72. The van der Waals surface area contributed by atoms with Gasteiger partial charge < -0.3 is 14.4 Å². The zero-order valence-electron chi connectivity index (χ0n) is 27.2. The van der Waals surface area contributed by atoms with E-state index in [1.807, 2.05) is 30.3 Å². The number of ether oxygens (including phenoxy) is 2. The number of amides is 1. The third-order valence-corrected chi connectivity index (χ3v) is 8.88. The summed E-state index contributed by atoms with van der Waals surface area (Å²) in [4.78, 5) is 18.5. The van der Waals surface area contributed by atoms with E-state index in [4.69, 9.17) is 9.47 Å². The summed E-state index contributed by atoms with van der Waals surface area (Å²) in [6.07, 6.45) is 14.0. The first-order chi connectivity index (χ1) is 21.7. The summed E-state index contributed by atoms with van der Waals surface area (Å²) in [5, 5.41) is 0. The highest BCUT2D eigenvalue weighted by atomic mass is 16.5. The predicted molar refractivity (Wildman–Crippen MR) is 181 cm³/mol. The van der Waals surface area contributed by atoms with Crippen molar-refractivity contribution in [3.05, 3.63) is 95.6 Å². The lowest BCUT2D eigenvalue weighted by atomic mass is 10.00. The van der Waals surface area contributed by atoms with E-state index in [-0.39, 0.29) is 11.9 Å². The molecule has 1 fully saturated rings. The summed E-state index contributed by atoms with van der Waals surface area (Å²) >= 11 is 0. The van der Waals surface area contributed by atoms with Crippen molar-refractivity contribution < 1.29 is 14.3 Å². The minimum Gasteiger partial charge on any atom is -0.493 e. The third-order valence-electron chi connectivity index (χ3n) is 8.88.